The maximum Gasteiger partial charge on any atom is 0.265 e. The van der Waals surface area contributed by atoms with Crippen molar-refractivity contribution in [1.82, 2.24) is 19.3 Å². The van der Waals surface area contributed by atoms with Crippen molar-refractivity contribution in [3.8, 4) is 5.69 Å². The number of carbonyl (C=O) groups is 1. The van der Waals surface area contributed by atoms with E-state index in [1.807, 2.05) is 0 Å². The van der Waals surface area contributed by atoms with E-state index in [9.17, 15) is 18.4 Å². The van der Waals surface area contributed by atoms with E-state index in [2.05, 4.69) is 15.4 Å². The van der Waals surface area contributed by atoms with Gasteiger partial charge in [-0.05, 0) is 48.9 Å². The third-order valence-corrected chi connectivity index (χ3v) is 6.42. The highest BCUT2D eigenvalue weighted by Gasteiger charge is 2.29. The van der Waals surface area contributed by atoms with Gasteiger partial charge in [0.25, 0.3) is 5.56 Å². The second-order valence-corrected chi connectivity index (χ2v) is 8.51. The van der Waals surface area contributed by atoms with E-state index in [0.717, 1.165) is 0 Å². The molecular formula is C22H17F2N5O2S. The molecule has 1 aliphatic rings. The van der Waals surface area contributed by atoms with E-state index < -0.39 is 5.82 Å². The average molecular weight is 453 g/mol. The molecule has 0 bridgehead atoms. The second-order valence-electron chi connectivity index (χ2n) is 7.52. The first-order valence-corrected chi connectivity index (χ1v) is 10.8. The number of amides is 1. The van der Waals surface area contributed by atoms with Gasteiger partial charge in [0.2, 0.25) is 5.91 Å². The Morgan fingerprint density at radius 3 is 2.75 bits per heavy atom. The minimum Gasteiger partial charge on any atom is -0.326 e. The zero-order valence-corrected chi connectivity index (χ0v) is 17.7. The van der Waals surface area contributed by atoms with Crippen molar-refractivity contribution in [3.63, 3.8) is 0 Å². The monoisotopic (exact) mass is 453 g/mol. The lowest BCUT2D eigenvalue weighted by Crippen LogP contribution is -2.27. The predicted molar refractivity (Wildman–Crippen MR) is 117 cm³/mol. The van der Waals surface area contributed by atoms with E-state index in [-0.39, 0.29) is 29.7 Å². The fourth-order valence-corrected chi connectivity index (χ4v) is 4.78. The topological polar surface area (TPSA) is 81.8 Å². The predicted octanol–water partition coefficient (Wildman–Crippen LogP) is 3.84. The Morgan fingerprint density at radius 2 is 2.00 bits per heavy atom. The van der Waals surface area contributed by atoms with Crippen LogP contribution in [0.1, 0.15) is 18.0 Å². The number of hydrogen-bond donors (Lipinski definition) is 1. The van der Waals surface area contributed by atoms with Gasteiger partial charge >= 0.3 is 0 Å². The molecule has 10 heteroatoms. The van der Waals surface area contributed by atoms with Gasteiger partial charge in [0.1, 0.15) is 17.0 Å². The van der Waals surface area contributed by atoms with Gasteiger partial charge in [-0.2, -0.15) is 5.10 Å². The van der Waals surface area contributed by atoms with E-state index in [0.29, 0.717) is 38.9 Å². The number of benzene rings is 2. The highest BCUT2D eigenvalue weighted by atomic mass is 32.2. The molecule has 2 aromatic carbocycles. The van der Waals surface area contributed by atoms with Gasteiger partial charge in [0.05, 0.1) is 17.9 Å². The molecule has 1 aliphatic heterocycles. The maximum atomic E-state index is 13.7. The Bertz CT molecular complexity index is 1410. The second kappa shape index (κ2) is 7.86. The van der Waals surface area contributed by atoms with Gasteiger partial charge in [-0.3, -0.25) is 14.2 Å². The summed E-state index contributed by atoms with van der Waals surface area (Å²) in [6.45, 7) is 1.64. The largest absolute Gasteiger partial charge is 0.326 e. The number of rotatable bonds is 4. The summed E-state index contributed by atoms with van der Waals surface area (Å²) < 4.78 is 30.0. The SMILES string of the molecule is Cc1ccc(NC(=O)CC2CSc3nc4c(cnn4-c4ccc(F)cc4)c(=O)n32)cc1F. The van der Waals surface area contributed by atoms with Crippen LogP contribution in [0.5, 0.6) is 0 Å². The molecule has 1 unspecified atom stereocenters. The number of thioether (sulfide) groups is 1. The number of aryl methyl sites for hydroxylation is 1. The third kappa shape index (κ3) is 3.56. The van der Waals surface area contributed by atoms with Gasteiger partial charge in [-0.25, -0.2) is 18.4 Å². The molecule has 1 amide bonds. The fraction of sp³-hybridized carbons (Fsp3) is 0.182. The molecule has 5 rings (SSSR count). The standard InChI is InChI=1S/C22H17F2N5O2S/c1-12-2-5-14(8-18(12)24)26-19(30)9-16-11-32-22-27-20-17(21(31)28(16)22)10-25-29(20)15-6-3-13(23)4-7-15/h2-8,10,16H,9,11H2,1H3,(H,26,30). The van der Waals surface area contributed by atoms with Crippen LogP contribution in [0.2, 0.25) is 0 Å². The highest BCUT2D eigenvalue weighted by Crippen LogP contribution is 2.33. The third-order valence-electron chi connectivity index (χ3n) is 5.32. The van der Waals surface area contributed by atoms with Crippen LogP contribution >= 0.6 is 11.8 Å². The normalized spacial score (nSPS) is 15.2. The van der Waals surface area contributed by atoms with Crippen LogP contribution in [0.25, 0.3) is 16.7 Å². The molecule has 0 radical (unpaired) electrons. The number of nitrogens with zero attached hydrogens (tertiary/aromatic N) is 4. The van der Waals surface area contributed by atoms with E-state index in [1.54, 1.807) is 31.2 Å². The van der Waals surface area contributed by atoms with Crippen molar-refractivity contribution in [1.29, 1.82) is 0 Å². The average Bonchev–Trinajstić information content (AvgIpc) is 3.36. The Hall–Kier alpha value is -3.53. The lowest BCUT2D eigenvalue weighted by molar-refractivity contribution is -0.116. The number of hydrogen-bond acceptors (Lipinski definition) is 5. The van der Waals surface area contributed by atoms with E-state index in [1.165, 1.54) is 45.4 Å². The van der Waals surface area contributed by atoms with Crippen molar-refractivity contribution in [2.45, 2.75) is 24.5 Å². The Kier molecular flexibility index (Phi) is 5.01. The van der Waals surface area contributed by atoms with Crippen LogP contribution in [0.4, 0.5) is 14.5 Å². The summed E-state index contributed by atoms with van der Waals surface area (Å²) in [5.41, 5.74) is 1.53. The molecule has 0 spiro atoms. The Morgan fingerprint density at radius 1 is 1.22 bits per heavy atom. The summed E-state index contributed by atoms with van der Waals surface area (Å²) in [5.74, 6) is -0.579. The molecule has 0 fully saturated rings. The number of carbonyl (C=O) groups excluding carboxylic acids is 1. The van der Waals surface area contributed by atoms with Crippen LogP contribution in [-0.2, 0) is 4.79 Å². The Balaban J connectivity index is 1.43. The minimum atomic E-state index is -0.398. The first-order valence-electron chi connectivity index (χ1n) is 9.86. The molecule has 2 aromatic heterocycles. The van der Waals surface area contributed by atoms with E-state index >= 15 is 0 Å². The Labute approximate surface area is 185 Å². The van der Waals surface area contributed by atoms with Crippen LogP contribution in [0.3, 0.4) is 0 Å². The number of aromatic nitrogens is 4. The summed E-state index contributed by atoms with van der Waals surface area (Å²) in [4.78, 5) is 30.3. The molecule has 1 N–H and O–H groups in total. The summed E-state index contributed by atoms with van der Waals surface area (Å²) in [6.07, 6.45) is 1.48. The molecule has 0 aliphatic carbocycles. The van der Waals surface area contributed by atoms with Gasteiger partial charge in [-0.1, -0.05) is 17.8 Å². The van der Waals surface area contributed by atoms with Crippen LogP contribution in [0.15, 0.2) is 58.6 Å². The van der Waals surface area contributed by atoms with Gasteiger partial charge in [0.15, 0.2) is 10.8 Å². The first kappa shape index (κ1) is 20.4. The molecule has 3 heterocycles. The number of fused-ring (bicyclic) bond motifs is 2. The summed E-state index contributed by atoms with van der Waals surface area (Å²) in [5, 5.41) is 7.73. The molecule has 32 heavy (non-hydrogen) atoms. The van der Waals surface area contributed by atoms with Crippen LogP contribution < -0.4 is 10.9 Å². The minimum absolute atomic E-state index is 0.0503. The molecule has 0 saturated carbocycles. The lowest BCUT2D eigenvalue weighted by atomic mass is 10.2. The fourth-order valence-electron chi connectivity index (χ4n) is 3.65. The number of anilines is 1. The van der Waals surface area contributed by atoms with Gasteiger partial charge < -0.3 is 5.32 Å². The van der Waals surface area contributed by atoms with Gasteiger partial charge in [0, 0.05) is 17.9 Å². The van der Waals surface area contributed by atoms with Crippen LogP contribution in [-0.4, -0.2) is 31.0 Å². The quantitative estimate of drug-likeness (QED) is 0.475. The zero-order chi connectivity index (χ0) is 22.4. The van der Waals surface area contributed by atoms with Crippen LogP contribution in [0, 0.1) is 18.6 Å². The summed E-state index contributed by atoms with van der Waals surface area (Å²) >= 11 is 1.38. The summed E-state index contributed by atoms with van der Waals surface area (Å²) in [6, 6.07) is 9.85. The molecule has 0 saturated heterocycles. The number of halogens is 2. The summed E-state index contributed by atoms with van der Waals surface area (Å²) in [7, 11) is 0. The van der Waals surface area contributed by atoms with Gasteiger partial charge in [-0.15, -0.1) is 0 Å². The zero-order valence-electron chi connectivity index (χ0n) is 16.9. The lowest BCUT2D eigenvalue weighted by Gasteiger charge is -2.14. The number of nitrogens with one attached hydrogen (secondary N) is 1. The molecular weight excluding hydrogens is 436 g/mol. The van der Waals surface area contributed by atoms with Crippen molar-refractivity contribution < 1.29 is 13.6 Å². The molecule has 1 atom stereocenters. The maximum absolute atomic E-state index is 13.7. The first-order chi connectivity index (χ1) is 15.4. The highest BCUT2D eigenvalue weighted by molar-refractivity contribution is 7.99. The molecule has 4 aromatic rings. The van der Waals surface area contributed by atoms with Crippen molar-refractivity contribution in [2.75, 3.05) is 11.1 Å². The van der Waals surface area contributed by atoms with E-state index in [4.69, 9.17) is 0 Å². The van der Waals surface area contributed by atoms with Crippen molar-refractivity contribution in [2.24, 2.45) is 0 Å². The van der Waals surface area contributed by atoms with Crippen molar-refractivity contribution in [3.05, 3.63) is 76.2 Å². The smallest absolute Gasteiger partial charge is 0.265 e. The molecule has 7 nitrogen and oxygen atoms in total. The van der Waals surface area contributed by atoms with Crippen molar-refractivity contribution >= 4 is 34.4 Å². The molecule has 162 valence electrons.